The fourth-order valence-electron chi connectivity index (χ4n) is 5.03. The van der Waals surface area contributed by atoms with Crippen LogP contribution in [-0.2, 0) is 6.42 Å². The predicted molar refractivity (Wildman–Crippen MR) is 146 cm³/mol. The molecule has 5 rings (SSSR count). The molecule has 1 heterocycles. The first-order valence-corrected chi connectivity index (χ1v) is 15.3. The normalized spacial score (nSPS) is 20.8. The Bertz CT molecular complexity index is 1110. The van der Waals surface area contributed by atoms with E-state index in [1.54, 1.807) is 11.6 Å². The Balaban J connectivity index is 1.00. The van der Waals surface area contributed by atoms with Crippen molar-refractivity contribution in [2.24, 2.45) is 5.92 Å². The third-order valence-electron chi connectivity index (χ3n) is 7.43. The number of rotatable bonds is 9. The van der Waals surface area contributed by atoms with Crippen LogP contribution in [0.3, 0.4) is 0 Å². The number of likely N-dealkylation sites (tertiary alicyclic amines) is 1. The van der Waals surface area contributed by atoms with Crippen LogP contribution in [0.1, 0.15) is 46.7 Å². The number of para-hydroxylation sites is 2. The number of carbonyl (C=O) groups is 1. The van der Waals surface area contributed by atoms with Crippen molar-refractivity contribution < 1.29 is 4.79 Å². The first-order valence-electron chi connectivity index (χ1n) is 12.8. The standard InChI is InChI=1S/C30H35AsN3O/c32-28-8-4-5-9-29(28)33-30(35)25-12-10-22(11-13-25)14-17-34-18-15-23(16-19-34)21-31-27-20-26(27)24-6-2-1-3-7-24/h1-13,23,26-27H,14-21,32H2,(H,33,35). The molecule has 0 aromatic heterocycles. The van der Waals surface area contributed by atoms with Crippen LogP contribution in [0.25, 0.3) is 0 Å². The summed E-state index contributed by atoms with van der Waals surface area (Å²) in [4.78, 5) is 15.2. The maximum absolute atomic E-state index is 12.5. The van der Waals surface area contributed by atoms with Gasteiger partial charge in [-0.1, -0.05) is 12.1 Å². The molecular formula is C30H35AsN3O. The van der Waals surface area contributed by atoms with Gasteiger partial charge in [0.25, 0.3) is 0 Å². The number of nitrogen functional groups attached to an aromatic ring is 1. The molecule has 0 bridgehead atoms. The zero-order valence-electron chi connectivity index (χ0n) is 20.3. The molecule has 1 aliphatic carbocycles. The van der Waals surface area contributed by atoms with Gasteiger partial charge in [0.15, 0.2) is 0 Å². The molecule has 1 saturated carbocycles. The summed E-state index contributed by atoms with van der Waals surface area (Å²) in [5.41, 5.74) is 10.7. The van der Waals surface area contributed by atoms with E-state index in [-0.39, 0.29) is 5.91 Å². The number of amides is 1. The van der Waals surface area contributed by atoms with E-state index >= 15 is 0 Å². The molecule has 2 unspecified atom stereocenters. The first kappa shape index (κ1) is 24.2. The summed E-state index contributed by atoms with van der Waals surface area (Å²) in [5.74, 6) is 1.69. The fraction of sp³-hybridized carbons (Fsp3) is 0.367. The second-order valence-electron chi connectivity index (χ2n) is 9.96. The Labute approximate surface area is 216 Å². The summed E-state index contributed by atoms with van der Waals surface area (Å²) in [7, 11) is 0. The Morgan fingerprint density at radius 1 is 0.943 bits per heavy atom. The molecule has 2 fully saturated rings. The quantitative estimate of drug-likeness (QED) is 0.270. The van der Waals surface area contributed by atoms with Crippen LogP contribution in [0.4, 0.5) is 11.4 Å². The van der Waals surface area contributed by atoms with E-state index in [4.69, 9.17) is 5.73 Å². The van der Waals surface area contributed by atoms with Crippen molar-refractivity contribution in [1.29, 1.82) is 0 Å². The number of nitrogens with zero attached hydrogens (tertiary/aromatic N) is 1. The first-order chi connectivity index (χ1) is 17.2. The van der Waals surface area contributed by atoms with Crippen LogP contribution in [0.15, 0.2) is 78.9 Å². The Kier molecular flexibility index (Phi) is 7.91. The van der Waals surface area contributed by atoms with Gasteiger partial charge in [-0.25, -0.2) is 0 Å². The molecule has 1 aliphatic heterocycles. The molecule has 181 valence electrons. The van der Waals surface area contributed by atoms with Gasteiger partial charge < -0.3 is 11.1 Å². The Morgan fingerprint density at radius 2 is 1.66 bits per heavy atom. The molecule has 3 N–H and O–H groups in total. The summed E-state index contributed by atoms with van der Waals surface area (Å²) in [6.07, 6.45) is 5.19. The number of piperidine rings is 1. The van der Waals surface area contributed by atoms with E-state index in [0.717, 1.165) is 29.5 Å². The van der Waals surface area contributed by atoms with Crippen LogP contribution in [0.2, 0.25) is 9.91 Å². The topological polar surface area (TPSA) is 58.4 Å². The number of anilines is 2. The second-order valence-corrected chi connectivity index (χ2v) is 12.9. The van der Waals surface area contributed by atoms with Crippen LogP contribution in [0, 0.1) is 5.92 Å². The van der Waals surface area contributed by atoms with Gasteiger partial charge in [0, 0.05) is 0 Å². The van der Waals surface area contributed by atoms with Crippen LogP contribution in [0.5, 0.6) is 0 Å². The minimum absolute atomic E-state index is 0.125. The predicted octanol–water partition coefficient (Wildman–Crippen LogP) is 5.87. The molecule has 35 heavy (non-hydrogen) atoms. The SMILES string of the molecule is Nc1ccccc1NC(=O)c1ccc(CCN2CCC(C[As]C3CC3c3ccccc3)CC2)cc1. The molecule has 1 amide bonds. The van der Waals surface area contributed by atoms with Crippen LogP contribution >= 0.6 is 0 Å². The van der Waals surface area contributed by atoms with Crippen molar-refractivity contribution in [3.8, 4) is 0 Å². The number of nitrogens with one attached hydrogen (secondary N) is 1. The minimum atomic E-state index is -0.125. The van der Waals surface area contributed by atoms with E-state index in [0.29, 0.717) is 32.7 Å². The van der Waals surface area contributed by atoms with E-state index in [1.807, 2.05) is 30.3 Å². The van der Waals surface area contributed by atoms with Crippen LogP contribution in [-0.4, -0.2) is 46.2 Å². The van der Waals surface area contributed by atoms with Gasteiger partial charge in [-0.2, -0.15) is 0 Å². The second kappa shape index (κ2) is 11.5. The van der Waals surface area contributed by atoms with Crippen molar-refractivity contribution >= 4 is 33.0 Å². The van der Waals surface area contributed by atoms with Gasteiger partial charge in [0.05, 0.1) is 11.4 Å². The van der Waals surface area contributed by atoms with E-state index in [9.17, 15) is 4.79 Å². The third kappa shape index (κ3) is 6.57. The monoisotopic (exact) mass is 528 g/mol. The van der Waals surface area contributed by atoms with E-state index in [2.05, 4.69) is 52.7 Å². The summed E-state index contributed by atoms with van der Waals surface area (Å²) in [5, 5.41) is 4.39. The Morgan fingerprint density at radius 3 is 2.40 bits per heavy atom. The molecule has 1 radical (unpaired) electrons. The number of carbonyl (C=O) groups excluding carboxylic acids is 1. The fourth-order valence-corrected chi connectivity index (χ4v) is 8.68. The molecule has 3 aromatic rings. The number of nitrogens with two attached hydrogens (primary N) is 1. The van der Waals surface area contributed by atoms with Crippen molar-refractivity contribution in [2.45, 2.75) is 41.5 Å². The molecule has 4 nitrogen and oxygen atoms in total. The molecular weight excluding hydrogens is 493 g/mol. The molecule has 0 spiro atoms. The maximum atomic E-state index is 12.5. The van der Waals surface area contributed by atoms with Crippen molar-refractivity contribution in [1.82, 2.24) is 4.90 Å². The average Bonchev–Trinajstić information content (AvgIpc) is 3.69. The van der Waals surface area contributed by atoms with Crippen molar-refractivity contribution in [3.63, 3.8) is 0 Å². The van der Waals surface area contributed by atoms with Gasteiger partial charge in [0.1, 0.15) is 0 Å². The van der Waals surface area contributed by atoms with Crippen molar-refractivity contribution in [3.05, 3.63) is 95.6 Å². The van der Waals surface area contributed by atoms with E-state index in [1.165, 1.54) is 43.1 Å². The summed E-state index contributed by atoms with van der Waals surface area (Å²) in [6, 6.07) is 26.5. The number of hydrogen-bond donors (Lipinski definition) is 2. The zero-order chi connectivity index (χ0) is 24.0. The van der Waals surface area contributed by atoms with Gasteiger partial charge in [-0.15, -0.1) is 0 Å². The molecule has 5 heteroatoms. The summed E-state index contributed by atoms with van der Waals surface area (Å²) >= 11 is 0.497. The van der Waals surface area contributed by atoms with Gasteiger partial charge in [-0.05, 0) is 12.1 Å². The van der Waals surface area contributed by atoms with Crippen molar-refractivity contribution in [2.75, 3.05) is 30.7 Å². The third-order valence-corrected chi connectivity index (χ3v) is 11.1. The zero-order valence-corrected chi connectivity index (χ0v) is 22.2. The molecule has 3 aromatic carbocycles. The van der Waals surface area contributed by atoms with E-state index < -0.39 is 0 Å². The van der Waals surface area contributed by atoms with Gasteiger partial charge in [0.2, 0.25) is 0 Å². The summed E-state index contributed by atoms with van der Waals surface area (Å²) in [6.45, 7) is 3.57. The van der Waals surface area contributed by atoms with Crippen LogP contribution < -0.4 is 11.1 Å². The van der Waals surface area contributed by atoms with Gasteiger partial charge in [-0.3, -0.25) is 4.79 Å². The average molecular weight is 529 g/mol. The summed E-state index contributed by atoms with van der Waals surface area (Å²) < 4.78 is 1.02. The molecule has 2 aliphatic rings. The molecule has 1 saturated heterocycles. The Hall–Kier alpha value is -2.55. The molecule has 2 atom stereocenters. The number of benzene rings is 3. The number of hydrogen-bond acceptors (Lipinski definition) is 3. The van der Waals surface area contributed by atoms with Gasteiger partial charge >= 0.3 is 165 Å².